The van der Waals surface area contributed by atoms with Crippen LogP contribution in [0.2, 0.25) is 0 Å². The van der Waals surface area contributed by atoms with Crippen LogP contribution in [0, 0.1) is 0 Å². The number of anilines is 2. The number of rotatable bonds is 3. The van der Waals surface area contributed by atoms with Crippen LogP contribution in [0.5, 0.6) is 0 Å². The normalized spacial score (nSPS) is 30.1. The third-order valence-electron chi connectivity index (χ3n) is 4.85. The number of aromatic nitrogens is 4. The summed E-state index contributed by atoms with van der Waals surface area (Å²) in [6.07, 6.45) is 0.0848. The number of aliphatic hydroxyl groups excluding tert-OH is 1. The van der Waals surface area contributed by atoms with Crippen molar-refractivity contribution in [2.45, 2.75) is 24.5 Å². The molecule has 0 amide bonds. The van der Waals surface area contributed by atoms with E-state index in [-0.39, 0.29) is 6.61 Å². The molecule has 2 aliphatic heterocycles. The number of hydrogen-bond acceptors (Lipinski definition) is 9. The molecule has 0 spiro atoms. The average Bonchev–Trinajstić information content (AvgIpc) is 3.24. The van der Waals surface area contributed by atoms with Crippen LogP contribution in [0.1, 0.15) is 6.23 Å². The summed E-state index contributed by atoms with van der Waals surface area (Å²) in [4.78, 5) is 23.1. The predicted molar refractivity (Wildman–Crippen MR) is 105 cm³/mol. The molecule has 4 heterocycles. The zero-order valence-corrected chi connectivity index (χ0v) is 16.0. The fourth-order valence-corrected chi connectivity index (χ4v) is 4.88. The molecule has 0 radical (unpaired) electrons. The second-order valence-corrected chi connectivity index (χ2v) is 9.20. The molecule has 2 aliphatic rings. The van der Waals surface area contributed by atoms with Crippen LogP contribution in [0.4, 0.5) is 11.5 Å². The average molecular weight is 403 g/mol. The van der Waals surface area contributed by atoms with Crippen molar-refractivity contribution in [2.24, 2.45) is 0 Å². The molecule has 0 saturated carbocycles. The van der Waals surface area contributed by atoms with Gasteiger partial charge in [-0.25, -0.2) is 0 Å². The molecule has 1 aromatic carbocycles. The second-order valence-electron chi connectivity index (χ2n) is 6.88. The number of nitrogens with one attached hydrogen (secondary N) is 1. The van der Waals surface area contributed by atoms with Crippen LogP contribution in [0.15, 0.2) is 43.0 Å². The maximum atomic E-state index is 10.8. The van der Waals surface area contributed by atoms with Crippen molar-refractivity contribution in [1.29, 1.82) is 0 Å². The summed E-state index contributed by atoms with van der Waals surface area (Å²) in [6, 6.07) is 9.62. The molecule has 2 fully saturated rings. The van der Waals surface area contributed by atoms with Gasteiger partial charge in [0, 0.05) is 0 Å². The Kier molecular flexibility index (Phi) is 4.31. The van der Waals surface area contributed by atoms with E-state index >= 15 is 0 Å². The SMILES string of the molecule is B[PH]1(O)OC[C@H]2O[C@@H](n3cnc4c(Nc5ccccc5)ncnc43)C(O)[C@@H]2O1. The van der Waals surface area contributed by atoms with Gasteiger partial charge in [0.15, 0.2) is 0 Å². The molecule has 5 rings (SSSR count). The van der Waals surface area contributed by atoms with Crippen molar-refractivity contribution in [1.82, 2.24) is 19.5 Å². The number of fused-ring (bicyclic) bond motifs is 2. The molecule has 10 nitrogen and oxygen atoms in total. The number of benzene rings is 1. The topological polar surface area (TPSA) is 124 Å². The minimum absolute atomic E-state index is 0.167. The van der Waals surface area contributed by atoms with Crippen LogP contribution in [-0.2, 0) is 13.8 Å². The van der Waals surface area contributed by atoms with Crippen molar-refractivity contribution in [2.75, 3.05) is 11.9 Å². The number of ether oxygens (including phenoxy) is 1. The molecule has 2 aromatic heterocycles. The number of hydrogen-bond donors (Lipinski definition) is 3. The van der Waals surface area contributed by atoms with Gasteiger partial charge in [0.25, 0.3) is 0 Å². The van der Waals surface area contributed by atoms with Gasteiger partial charge < -0.3 is 0 Å². The number of imidazole rings is 1. The van der Waals surface area contributed by atoms with Crippen molar-refractivity contribution < 1.29 is 23.8 Å². The van der Waals surface area contributed by atoms with Crippen LogP contribution >= 0.6 is 7.82 Å². The third kappa shape index (κ3) is 3.06. The Balaban J connectivity index is 1.47. The first-order valence-electron chi connectivity index (χ1n) is 8.89. The first-order valence-corrected chi connectivity index (χ1v) is 11.2. The molecule has 2 saturated heterocycles. The first kappa shape index (κ1) is 17.9. The van der Waals surface area contributed by atoms with E-state index in [0.29, 0.717) is 17.0 Å². The molecule has 3 aromatic rings. The standard InChI is InChI=1S/C16H19BN5O5P/c17-28(24)25-6-10-13(27-28)12(23)16(26-10)22-8-20-11-14(18-7-19-15(11)22)21-9-4-2-1-3-5-9/h1-5,7-8,10,12-13,16,23-24,28H,6,17H2,(H,18,19,21)/t10-,12?,13-,16-/m1/s1. The van der Waals surface area contributed by atoms with Crippen LogP contribution in [-0.4, -0.2) is 62.0 Å². The molecule has 146 valence electrons. The van der Waals surface area contributed by atoms with Crippen molar-refractivity contribution in [3.63, 3.8) is 0 Å². The molecule has 28 heavy (non-hydrogen) atoms. The van der Waals surface area contributed by atoms with E-state index in [1.807, 2.05) is 30.3 Å². The van der Waals surface area contributed by atoms with E-state index in [1.54, 1.807) is 10.9 Å². The third-order valence-corrected chi connectivity index (χ3v) is 6.26. The summed E-state index contributed by atoms with van der Waals surface area (Å²) in [5.41, 5.74) is 1.94. The first-order chi connectivity index (χ1) is 13.5. The van der Waals surface area contributed by atoms with E-state index in [9.17, 15) is 10.00 Å². The molecular weight excluding hydrogens is 384 g/mol. The van der Waals surface area contributed by atoms with Gasteiger partial charge in [0.2, 0.25) is 0 Å². The second kappa shape index (κ2) is 6.73. The van der Waals surface area contributed by atoms with Gasteiger partial charge in [0.05, 0.1) is 0 Å². The number of nitrogens with zero attached hydrogens (tertiary/aromatic N) is 4. The van der Waals surface area contributed by atoms with Crippen molar-refractivity contribution in [3.8, 4) is 0 Å². The Labute approximate surface area is 161 Å². The summed E-state index contributed by atoms with van der Waals surface area (Å²) in [5.74, 6) is 0.551. The number of para-hydroxylation sites is 1. The Hall–Kier alpha value is -2.14. The molecule has 0 aliphatic carbocycles. The van der Waals surface area contributed by atoms with Gasteiger partial charge in [-0.05, 0) is 0 Å². The summed E-state index contributed by atoms with van der Waals surface area (Å²) in [7, 11) is -1.72. The van der Waals surface area contributed by atoms with Gasteiger partial charge >= 0.3 is 155 Å². The van der Waals surface area contributed by atoms with Gasteiger partial charge in [0.1, 0.15) is 0 Å². The van der Waals surface area contributed by atoms with Gasteiger partial charge in [-0.1, -0.05) is 6.07 Å². The van der Waals surface area contributed by atoms with Crippen LogP contribution in [0.3, 0.4) is 0 Å². The fourth-order valence-electron chi connectivity index (χ4n) is 3.54. The molecule has 12 heteroatoms. The Bertz CT molecular complexity index is 1010. The molecule has 4 atom stereocenters. The number of aliphatic hydroxyl groups is 1. The van der Waals surface area contributed by atoms with E-state index in [4.69, 9.17) is 13.8 Å². The van der Waals surface area contributed by atoms with E-state index < -0.39 is 32.4 Å². The maximum absolute atomic E-state index is 10.8. The Morgan fingerprint density at radius 2 is 2.04 bits per heavy atom. The van der Waals surface area contributed by atoms with Gasteiger partial charge in [-0.3, -0.25) is 0 Å². The minimum atomic E-state index is -3.24. The van der Waals surface area contributed by atoms with Crippen LogP contribution in [0.25, 0.3) is 11.2 Å². The molecular formula is C16H19BN5O5P. The summed E-state index contributed by atoms with van der Waals surface area (Å²) in [5, 5.41) is 14.0. The van der Waals surface area contributed by atoms with Gasteiger partial charge in [-0.15, -0.1) is 0 Å². The monoisotopic (exact) mass is 403 g/mol. The fraction of sp³-hybridized carbons (Fsp3) is 0.312. The van der Waals surface area contributed by atoms with Crippen molar-refractivity contribution in [3.05, 3.63) is 43.0 Å². The Morgan fingerprint density at radius 3 is 2.86 bits per heavy atom. The van der Waals surface area contributed by atoms with E-state index in [0.717, 1.165) is 5.69 Å². The predicted octanol–water partition coefficient (Wildman–Crippen LogP) is 0.279. The summed E-state index contributed by atoms with van der Waals surface area (Å²) >= 11 is 0. The summed E-state index contributed by atoms with van der Waals surface area (Å²) < 4.78 is 18.5. The zero-order valence-electron chi connectivity index (χ0n) is 15.0. The molecule has 1 unspecified atom stereocenters. The van der Waals surface area contributed by atoms with Crippen molar-refractivity contribution >= 4 is 38.1 Å². The van der Waals surface area contributed by atoms with Crippen LogP contribution < -0.4 is 5.32 Å². The van der Waals surface area contributed by atoms with E-state index in [1.165, 1.54) is 13.9 Å². The van der Waals surface area contributed by atoms with Gasteiger partial charge in [-0.2, -0.15) is 0 Å². The summed E-state index contributed by atoms with van der Waals surface area (Å²) in [6.45, 7) is 0.167. The quantitative estimate of drug-likeness (QED) is 0.418. The zero-order chi connectivity index (χ0) is 19.3. The Morgan fingerprint density at radius 1 is 1.21 bits per heavy atom. The van der Waals surface area contributed by atoms with E-state index in [2.05, 4.69) is 20.3 Å². The molecule has 0 bridgehead atoms. The molecule has 3 N–H and O–H groups in total.